The molecule has 0 amide bonds. The Labute approximate surface area is 190 Å². The third kappa shape index (κ3) is 8.04. The second-order valence-electron chi connectivity index (χ2n) is 7.79. The van der Waals surface area contributed by atoms with Crippen LogP contribution in [-0.2, 0) is 14.2 Å². The van der Waals surface area contributed by atoms with E-state index < -0.39 is 0 Å². The van der Waals surface area contributed by atoms with Crippen molar-refractivity contribution in [3.05, 3.63) is 53.6 Å². The van der Waals surface area contributed by atoms with Crippen LogP contribution in [0.5, 0.6) is 11.5 Å². The maximum absolute atomic E-state index is 6.10. The van der Waals surface area contributed by atoms with Crippen LogP contribution in [0.15, 0.2) is 47.4 Å². The lowest BCUT2D eigenvalue weighted by molar-refractivity contribution is -0.380. The minimum Gasteiger partial charge on any atom is -0.491 e. The highest BCUT2D eigenvalue weighted by molar-refractivity contribution is 7.99. The Bertz CT molecular complexity index is 789. The number of rotatable bonds is 13. The molecular formula is C25H34O5S. The fraction of sp³-hybridized carbons (Fsp3) is 0.520. The van der Waals surface area contributed by atoms with Gasteiger partial charge >= 0.3 is 0 Å². The van der Waals surface area contributed by atoms with Gasteiger partial charge in [-0.1, -0.05) is 31.0 Å². The largest absolute Gasteiger partial charge is 0.491 e. The van der Waals surface area contributed by atoms with E-state index in [-0.39, 0.29) is 18.7 Å². The fourth-order valence-electron chi connectivity index (χ4n) is 3.10. The molecule has 0 aromatic heterocycles. The van der Waals surface area contributed by atoms with Crippen LogP contribution in [0.1, 0.15) is 37.8 Å². The third-order valence-electron chi connectivity index (χ3n) is 4.95. The van der Waals surface area contributed by atoms with Crippen LogP contribution in [0.4, 0.5) is 0 Å². The monoisotopic (exact) mass is 446 g/mol. The Hall–Kier alpha value is -1.73. The molecule has 5 nitrogen and oxygen atoms in total. The highest BCUT2D eigenvalue weighted by atomic mass is 32.2. The lowest BCUT2D eigenvalue weighted by Crippen LogP contribution is -2.42. The van der Waals surface area contributed by atoms with Gasteiger partial charge in [0.1, 0.15) is 30.8 Å². The van der Waals surface area contributed by atoms with Crippen molar-refractivity contribution >= 4 is 11.8 Å². The molecule has 1 aliphatic rings. The summed E-state index contributed by atoms with van der Waals surface area (Å²) in [6.07, 6.45) is 1.82. The predicted molar refractivity (Wildman–Crippen MR) is 124 cm³/mol. The Morgan fingerprint density at radius 2 is 1.81 bits per heavy atom. The molecule has 170 valence electrons. The molecule has 0 radical (unpaired) electrons. The van der Waals surface area contributed by atoms with Gasteiger partial charge in [0.25, 0.3) is 0 Å². The van der Waals surface area contributed by atoms with Crippen molar-refractivity contribution in [3.63, 3.8) is 0 Å². The number of hydrogen-bond donors (Lipinski definition) is 0. The maximum Gasteiger partial charge on any atom is 0.197 e. The van der Waals surface area contributed by atoms with Gasteiger partial charge in [-0.25, -0.2) is 0 Å². The number of hydrogen-bond acceptors (Lipinski definition) is 6. The van der Waals surface area contributed by atoms with Crippen LogP contribution >= 0.6 is 11.8 Å². The molecule has 1 atom stereocenters. The summed E-state index contributed by atoms with van der Waals surface area (Å²) >= 11 is 1.78. The van der Waals surface area contributed by atoms with E-state index in [1.165, 1.54) is 10.5 Å². The average molecular weight is 447 g/mol. The SMILES string of the molecule is CCCCOC(COc1ccc(C)cc1)CSc1ccc(OCC2OC(C)O2)c(C)c1. The second-order valence-corrected chi connectivity index (χ2v) is 8.88. The van der Waals surface area contributed by atoms with E-state index >= 15 is 0 Å². The van der Waals surface area contributed by atoms with Crippen molar-refractivity contribution < 1.29 is 23.7 Å². The van der Waals surface area contributed by atoms with E-state index in [0.717, 1.165) is 42.3 Å². The number of thioether (sulfide) groups is 1. The highest BCUT2D eigenvalue weighted by Gasteiger charge is 2.27. The topological polar surface area (TPSA) is 46.2 Å². The normalized spacial score (nSPS) is 19.0. The molecule has 2 aromatic rings. The van der Waals surface area contributed by atoms with E-state index in [1.54, 1.807) is 11.8 Å². The fourth-order valence-corrected chi connectivity index (χ4v) is 4.09. The van der Waals surface area contributed by atoms with Gasteiger partial charge in [0.15, 0.2) is 12.6 Å². The number of unbranched alkanes of at least 4 members (excludes halogenated alkanes) is 1. The molecule has 0 saturated carbocycles. The van der Waals surface area contributed by atoms with Crippen LogP contribution in [0.2, 0.25) is 0 Å². The van der Waals surface area contributed by atoms with E-state index in [0.29, 0.717) is 13.2 Å². The van der Waals surface area contributed by atoms with E-state index in [9.17, 15) is 0 Å². The zero-order chi connectivity index (χ0) is 22.1. The summed E-state index contributed by atoms with van der Waals surface area (Å²) in [7, 11) is 0. The first kappa shape index (κ1) is 23.9. The van der Waals surface area contributed by atoms with Crippen LogP contribution in [0.3, 0.4) is 0 Å². The predicted octanol–water partition coefficient (Wildman–Crippen LogP) is 5.76. The van der Waals surface area contributed by atoms with Gasteiger partial charge in [0.05, 0.1) is 0 Å². The minimum absolute atomic E-state index is 0.0315. The number of aryl methyl sites for hydroxylation is 2. The molecule has 1 saturated heterocycles. The Balaban J connectivity index is 1.49. The van der Waals surface area contributed by atoms with E-state index in [1.807, 2.05) is 25.1 Å². The number of ether oxygens (including phenoxy) is 5. The Kier molecular flexibility index (Phi) is 9.53. The highest BCUT2D eigenvalue weighted by Crippen LogP contribution is 2.28. The molecular weight excluding hydrogens is 412 g/mol. The first-order chi connectivity index (χ1) is 15.0. The molecule has 0 spiro atoms. The van der Waals surface area contributed by atoms with Crippen molar-refractivity contribution in [1.82, 2.24) is 0 Å². The second kappa shape index (κ2) is 12.3. The standard InChI is InChI=1S/C25H34O5S/c1-5-6-13-26-22(15-27-21-9-7-18(2)8-10-21)17-31-23-11-12-24(19(3)14-23)28-16-25-29-20(4)30-25/h7-12,14,20,22,25H,5-6,13,15-17H2,1-4H3. The summed E-state index contributed by atoms with van der Waals surface area (Å²) < 4.78 is 28.7. The van der Waals surface area contributed by atoms with Crippen molar-refractivity contribution in [2.75, 3.05) is 25.6 Å². The molecule has 6 heteroatoms. The summed E-state index contributed by atoms with van der Waals surface area (Å²) in [5.74, 6) is 2.57. The first-order valence-electron chi connectivity index (χ1n) is 11.0. The summed E-state index contributed by atoms with van der Waals surface area (Å²) in [4.78, 5) is 1.19. The summed E-state index contributed by atoms with van der Waals surface area (Å²) in [5.41, 5.74) is 2.32. The molecule has 3 rings (SSSR count). The third-order valence-corrected chi connectivity index (χ3v) is 6.08. The van der Waals surface area contributed by atoms with Gasteiger partial charge in [-0.15, -0.1) is 11.8 Å². The van der Waals surface area contributed by atoms with Crippen molar-refractivity contribution in [3.8, 4) is 11.5 Å². The molecule has 1 aliphatic heterocycles. The van der Waals surface area contributed by atoms with Gasteiger partial charge in [-0.05, 0) is 63.1 Å². The van der Waals surface area contributed by atoms with Gasteiger partial charge in [0.2, 0.25) is 0 Å². The lowest BCUT2D eigenvalue weighted by atomic mass is 10.2. The first-order valence-corrected chi connectivity index (χ1v) is 12.0. The van der Waals surface area contributed by atoms with Crippen LogP contribution in [-0.4, -0.2) is 44.3 Å². The van der Waals surface area contributed by atoms with E-state index in [2.05, 4.69) is 45.0 Å². The summed E-state index contributed by atoms with van der Waals surface area (Å²) in [5, 5.41) is 0. The van der Waals surface area contributed by atoms with Crippen molar-refractivity contribution in [2.24, 2.45) is 0 Å². The molecule has 0 aliphatic carbocycles. The lowest BCUT2D eigenvalue weighted by Gasteiger charge is -2.33. The Morgan fingerprint density at radius 1 is 1.03 bits per heavy atom. The smallest absolute Gasteiger partial charge is 0.197 e. The molecule has 1 unspecified atom stereocenters. The average Bonchev–Trinajstić information content (AvgIpc) is 2.74. The molecule has 31 heavy (non-hydrogen) atoms. The molecule has 0 N–H and O–H groups in total. The van der Waals surface area contributed by atoms with Gasteiger partial charge in [0, 0.05) is 17.3 Å². The van der Waals surface area contributed by atoms with E-state index in [4.69, 9.17) is 23.7 Å². The zero-order valence-corrected chi connectivity index (χ0v) is 19.8. The Morgan fingerprint density at radius 3 is 2.48 bits per heavy atom. The summed E-state index contributed by atoms with van der Waals surface area (Å²) in [6, 6.07) is 14.4. The zero-order valence-electron chi connectivity index (χ0n) is 19.0. The molecule has 2 aromatic carbocycles. The minimum atomic E-state index is -0.266. The molecule has 1 fully saturated rings. The quantitative estimate of drug-likeness (QED) is 0.288. The van der Waals surface area contributed by atoms with Gasteiger partial charge < -0.3 is 23.7 Å². The van der Waals surface area contributed by atoms with Crippen molar-refractivity contribution in [1.29, 1.82) is 0 Å². The van der Waals surface area contributed by atoms with Crippen LogP contribution in [0.25, 0.3) is 0 Å². The number of benzene rings is 2. The van der Waals surface area contributed by atoms with Gasteiger partial charge in [-0.2, -0.15) is 0 Å². The van der Waals surface area contributed by atoms with Crippen LogP contribution in [0, 0.1) is 13.8 Å². The summed E-state index contributed by atoms with van der Waals surface area (Å²) in [6.45, 7) is 9.88. The van der Waals surface area contributed by atoms with Crippen molar-refractivity contribution in [2.45, 2.75) is 64.1 Å². The molecule has 1 heterocycles. The van der Waals surface area contributed by atoms with Gasteiger partial charge in [-0.3, -0.25) is 0 Å². The molecule has 0 bridgehead atoms. The van der Waals surface area contributed by atoms with Crippen LogP contribution < -0.4 is 9.47 Å². The maximum atomic E-state index is 6.10.